The number of amides is 2. The predicted octanol–water partition coefficient (Wildman–Crippen LogP) is 3.98. The summed E-state index contributed by atoms with van der Waals surface area (Å²) in [7, 11) is 0. The second-order valence-electron chi connectivity index (χ2n) is 12.0. The molecule has 5 unspecified atom stereocenters. The summed E-state index contributed by atoms with van der Waals surface area (Å²) in [6.45, 7) is 6.18. The predicted molar refractivity (Wildman–Crippen MR) is 129 cm³/mol. The number of aromatic nitrogens is 1. The second-order valence-corrected chi connectivity index (χ2v) is 12.5. The van der Waals surface area contributed by atoms with Crippen molar-refractivity contribution in [3.63, 3.8) is 0 Å². The smallest absolute Gasteiger partial charge is 0.407 e. The number of anilines is 1. The number of aliphatic hydroxyl groups is 1. The summed E-state index contributed by atoms with van der Waals surface area (Å²) < 4.78 is 0. The third-order valence-electron chi connectivity index (χ3n) is 8.32. The quantitative estimate of drug-likeness (QED) is 0.507. The van der Waals surface area contributed by atoms with Crippen molar-refractivity contribution in [2.75, 3.05) is 11.9 Å². The van der Waals surface area contributed by atoms with Gasteiger partial charge in [0.25, 0.3) is 5.91 Å². The summed E-state index contributed by atoms with van der Waals surface area (Å²) in [5.74, 6) is 1.56. The summed E-state index contributed by atoms with van der Waals surface area (Å²) >= 11 is 6.18. The first-order valence-electron chi connectivity index (χ1n) is 12.4. The molecule has 7 atom stereocenters. The van der Waals surface area contributed by atoms with Gasteiger partial charge in [0.1, 0.15) is 5.82 Å². The number of rotatable bonds is 4. The van der Waals surface area contributed by atoms with E-state index in [1.54, 1.807) is 11.0 Å². The molecule has 9 heteroatoms. The van der Waals surface area contributed by atoms with Crippen molar-refractivity contribution in [3.05, 3.63) is 22.8 Å². The fourth-order valence-electron chi connectivity index (χ4n) is 7.56. The Labute approximate surface area is 205 Å². The standard InChI is InChI=1S/C25H35ClN4O4/c1-24(2,3)29-22(31)17-8-16(26)12-27-21(17)28-18-4-5-30(23(32)33)20(18)19-14-6-13-7-15(19)11-25(34,9-13)10-14/h8,12-15,18-20,34H,4-7,9-11H2,1-3H3,(H,27,28)(H,29,31)(H,32,33)/t13?,14-,15+,18?,19?,20?,25?. The Balaban J connectivity index is 1.44. The lowest BCUT2D eigenvalue weighted by Gasteiger charge is -2.60. The van der Waals surface area contributed by atoms with E-state index < -0.39 is 17.2 Å². The summed E-state index contributed by atoms with van der Waals surface area (Å²) in [6, 6.07) is 1.23. The summed E-state index contributed by atoms with van der Waals surface area (Å²) in [4.78, 5) is 31.3. The number of nitrogens with one attached hydrogen (secondary N) is 2. The number of likely N-dealkylation sites (tertiary alicyclic amines) is 1. The molecule has 4 saturated carbocycles. The Hall–Kier alpha value is -2.06. The fraction of sp³-hybridized carbons (Fsp3) is 0.720. The van der Waals surface area contributed by atoms with Crippen LogP contribution in [-0.4, -0.2) is 61.9 Å². The number of pyridine rings is 1. The Bertz CT molecular complexity index is 980. The van der Waals surface area contributed by atoms with Crippen molar-refractivity contribution in [1.29, 1.82) is 0 Å². The van der Waals surface area contributed by atoms with Gasteiger partial charge in [-0.2, -0.15) is 0 Å². The van der Waals surface area contributed by atoms with Gasteiger partial charge < -0.3 is 25.7 Å². The van der Waals surface area contributed by atoms with Crippen molar-refractivity contribution in [1.82, 2.24) is 15.2 Å². The summed E-state index contributed by atoms with van der Waals surface area (Å²) in [5.41, 5.74) is -0.638. The van der Waals surface area contributed by atoms with E-state index in [9.17, 15) is 19.8 Å². The maximum absolute atomic E-state index is 13.0. The molecule has 186 valence electrons. The van der Waals surface area contributed by atoms with Crippen LogP contribution in [0.2, 0.25) is 5.02 Å². The minimum absolute atomic E-state index is 0.164. The molecule has 4 bridgehead atoms. The average Bonchev–Trinajstić information content (AvgIpc) is 3.10. The van der Waals surface area contributed by atoms with Gasteiger partial charge in [-0.15, -0.1) is 0 Å². The molecule has 4 N–H and O–H groups in total. The van der Waals surface area contributed by atoms with E-state index in [-0.39, 0.29) is 23.9 Å². The van der Waals surface area contributed by atoms with Crippen LogP contribution in [0.4, 0.5) is 10.6 Å². The number of halogens is 1. The molecule has 0 radical (unpaired) electrons. The van der Waals surface area contributed by atoms with E-state index in [2.05, 4.69) is 15.6 Å². The first-order valence-corrected chi connectivity index (χ1v) is 12.8. The van der Waals surface area contributed by atoms with Gasteiger partial charge in [0.15, 0.2) is 0 Å². The van der Waals surface area contributed by atoms with Crippen LogP contribution >= 0.6 is 11.6 Å². The lowest BCUT2D eigenvalue weighted by molar-refractivity contribution is -0.162. The molecule has 0 aromatic carbocycles. The fourth-order valence-corrected chi connectivity index (χ4v) is 7.72. The molecule has 1 aromatic rings. The van der Waals surface area contributed by atoms with Crippen LogP contribution < -0.4 is 10.6 Å². The van der Waals surface area contributed by atoms with E-state index in [1.807, 2.05) is 20.8 Å². The molecule has 5 aliphatic rings. The molecule has 5 fully saturated rings. The Morgan fingerprint density at radius 2 is 1.88 bits per heavy atom. The Morgan fingerprint density at radius 1 is 1.21 bits per heavy atom. The highest BCUT2D eigenvalue weighted by Crippen LogP contribution is 2.60. The molecule has 0 spiro atoms. The number of carbonyl (C=O) groups is 2. The van der Waals surface area contributed by atoms with Crippen LogP contribution in [0.3, 0.4) is 0 Å². The Morgan fingerprint density at radius 3 is 2.47 bits per heavy atom. The minimum atomic E-state index is -0.906. The average molecular weight is 491 g/mol. The van der Waals surface area contributed by atoms with Crippen LogP contribution in [0.5, 0.6) is 0 Å². The third kappa shape index (κ3) is 4.35. The molecule has 8 nitrogen and oxygen atoms in total. The van der Waals surface area contributed by atoms with Crippen molar-refractivity contribution in [2.45, 2.75) is 82.5 Å². The van der Waals surface area contributed by atoms with Crippen LogP contribution in [-0.2, 0) is 0 Å². The number of hydrogen-bond acceptors (Lipinski definition) is 5. The highest BCUT2D eigenvalue weighted by molar-refractivity contribution is 6.31. The molecule has 6 rings (SSSR count). The zero-order valence-corrected chi connectivity index (χ0v) is 20.8. The molecular formula is C25H35ClN4O4. The van der Waals surface area contributed by atoms with Crippen molar-refractivity contribution in [2.24, 2.45) is 23.7 Å². The number of carboxylic acid groups (broad SMARTS) is 1. The maximum atomic E-state index is 13.0. The van der Waals surface area contributed by atoms with Gasteiger partial charge in [-0.05, 0) is 89.0 Å². The van der Waals surface area contributed by atoms with E-state index in [1.165, 1.54) is 6.20 Å². The molecule has 2 amide bonds. The third-order valence-corrected chi connectivity index (χ3v) is 8.52. The van der Waals surface area contributed by atoms with Gasteiger partial charge in [-0.1, -0.05) is 11.6 Å². The lowest BCUT2D eigenvalue weighted by Crippen LogP contribution is -2.61. The molecule has 4 aliphatic carbocycles. The number of nitrogens with zero attached hydrogens (tertiary/aromatic N) is 2. The van der Waals surface area contributed by atoms with Crippen LogP contribution in [0, 0.1) is 23.7 Å². The molecular weight excluding hydrogens is 456 g/mol. The highest BCUT2D eigenvalue weighted by Gasteiger charge is 2.59. The molecule has 1 saturated heterocycles. The monoisotopic (exact) mass is 490 g/mol. The van der Waals surface area contributed by atoms with Gasteiger partial charge in [-0.25, -0.2) is 9.78 Å². The highest BCUT2D eigenvalue weighted by atomic mass is 35.5. The van der Waals surface area contributed by atoms with E-state index in [4.69, 9.17) is 11.6 Å². The molecule has 1 aromatic heterocycles. The van der Waals surface area contributed by atoms with Crippen LogP contribution in [0.25, 0.3) is 0 Å². The topological polar surface area (TPSA) is 115 Å². The SMILES string of the molecule is CC(C)(C)NC(=O)c1cc(Cl)cnc1NC1CCN(C(=O)O)C1C1[C@@H]2CC3C[C@H]1CC(O)(C3)C2. The van der Waals surface area contributed by atoms with Gasteiger partial charge in [0.05, 0.1) is 28.3 Å². The summed E-state index contributed by atoms with van der Waals surface area (Å²) in [5, 5.41) is 27.9. The van der Waals surface area contributed by atoms with Crippen molar-refractivity contribution < 1.29 is 19.8 Å². The molecule has 2 heterocycles. The Kier molecular flexibility index (Phi) is 5.75. The normalized spacial score (nSPS) is 36.6. The number of hydrogen-bond donors (Lipinski definition) is 4. The maximum Gasteiger partial charge on any atom is 0.407 e. The molecule has 34 heavy (non-hydrogen) atoms. The largest absolute Gasteiger partial charge is 0.465 e. The lowest BCUT2D eigenvalue weighted by atomic mass is 9.48. The second kappa shape index (κ2) is 8.26. The zero-order chi connectivity index (χ0) is 24.4. The van der Waals surface area contributed by atoms with E-state index >= 15 is 0 Å². The first-order chi connectivity index (χ1) is 15.9. The van der Waals surface area contributed by atoms with E-state index in [0.29, 0.717) is 47.1 Å². The van der Waals surface area contributed by atoms with Gasteiger partial charge in [0, 0.05) is 18.3 Å². The zero-order valence-electron chi connectivity index (χ0n) is 20.1. The van der Waals surface area contributed by atoms with Crippen LogP contribution in [0.1, 0.15) is 69.7 Å². The van der Waals surface area contributed by atoms with Crippen LogP contribution in [0.15, 0.2) is 12.3 Å². The van der Waals surface area contributed by atoms with Gasteiger partial charge in [0.2, 0.25) is 0 Å². The van der Waals surface area contributed by atoms with Gasteiger partial charge in [-0.3, -0.25) is 4.79 Å². The minimum Gasteiger partial charge on any atom is -0.465 e. The number of carbonyl (C=O) groups excluding carboxylic acids is 1. The van der Waals surface area contributed by atoms with Crippen molar-refractivity contribution >= 4 is 29.4 Å². The molecule has 1 aliphatic heterocycles. The van der Waals surface area contributed by atoms with E-state index in [0.717, 1.165) is 32.1 Å². The summed E-state index contributed by atoms with van der Waals surface area (Å²) in [6.07, 6.45) is 5.80. The first kappa shape index (κ1) is 23.7. The van der Waals surface area contributed by atoms with Crippen molar-refractivity contribution in [3.8, 4) is 0 Å². The van der Waals surface area contributed by atoms with Gasteiger partial charge >= 0.3 is 6.09 Å².